The second-order valence-corrected chi connectivity index (χ2v) is 12.0. The second kappa shape index (κ2) is 13.8. The smallest absolute Gasteiger partial charge is 0.408 e. The zero-order valence-corrected chi connectivity index (χ0v) is 25.4. The molecule has 1 unspecified atom stereocenters. The van der Waals surface area contributed by atoms with Gasteiger partial charge in [0.2, 0.25) is 11.8 Å². The summed E-state index contributed by atoms with van der Waals surface area (Å²) in [6.07, 6.45) is -0.294. The van der Waals surface area contributed by atoms with E-state index < -0.39 is 41.6 Å². The van der Waals surface area contributed by atoms with Crippen LogP contribution < -0.4 is 16.0 Å². The Morgan fingerprint density at radius 1 is 0.818 bits per heavy atom. The van der Waals surface area contributed by atoms with Gasteiger partial charge in [-0.25, -0.2) is 4.79 Å². The molecule has 3 N–H and O–H groups in total. The molecule has 0 bridgehead atoms. The number of ether oxygens (including phenoxy) is 2. The molecular weight excluding hydrogens is 578 g/mol. The standard InChI is InChI=1S/C34H35N3O6S/c1-22(35-33(41)42-19-24-13-7-4-8-14-24)31(39)37-28(18-25-20-44-29-16-10-9-15-26(25)29)32(40)36-27(30(38)34(2)21-43-34)17-23-11-5-3-6-12-23/h3-16,20,22,27-28H,17-19,21H2,1-2H3,(H,35,41)(H,36,40)(H,37,39)/t22-,27-,28?,34+/m0/s1. The number of hydrogen-bond acceptors (Lipinski definition) is 7. The Kier molecular flexibility index (Phi) is 9.72. The molecule has 1 aliphatic rings. The Morgan fingerprint density at radius 3 is 2.11 bits per heavy atom. The lowest BCUT2D eigenvalue weighted by Gasteiger charge is -2.25. The van der Waals surface area contributed by atoms with E-state index in [-0.39, 0.29) is 31.8 Å². The first-order chi connectivity index (χ1) is 21.2. The Bertz CT molecular complexity index is 1620. The number of Topliss-reactive ketones (excluding diaryl/α,β-unsaturated/α-hetero) is 1. The Morgan fingerprint density at radius 2 is 1.43 bits per heavy atom. The summed E-state index contributed by atoms with van der Waals surface area (Å²) in [7, 11) is 0. The van der Waals surface area contributed by atoms with Crippen molar-refractivity contribution in [3.8, 4) is 0 Å². The zero-order valence-electron chi connectivity index (χ0n) is 24.6. The molecule has 5 rings (SSSR count). The van der Waals surface area contributed by atoms with E-state index in [9.17, 15) is 19.2 Å². The van der Waals surface area contributed by atoms with Gasteiger partial charge in [-0.1, -0.05) is 78.9 Å². The van der Waals surface area contributed by atoms with Crippen molar-refractivity contribution in [1.82, 2.24) is 16.0 Å². The fraction of sp³-hybridized carbons (Fsp3) is 0.294. The van der Waals surface area contributed by atoms with Crippen LogP contribution in [0.3, 0.4) is 0 Å². The van der Waals surface area contributed by atoms with Gasteiger partial charge in [0.15, 0.2) is 5.78 Å². The van der Waals surface area contributed by atoms with Gasteiger partial charge in [-0.05, 0) is 53.8 Å². The number of benzene rings is 3. The van der Waals surface area contributed by atoms with Crippen LogP contribution in [0, 0.1) is 0 Å². The van der Waals surface area contributed by atoms with E-state index in [4.69, 9.17) is 9.47 Å². The molecule has 1 aromatic heterocycles. The molecule has 3 amide bonds. The summed E-state index contributed by atoms with van der Waals surface area (Å²) in [5.41, 5.74) is 1.63. The third-order valence-electron chi connectivity index (χ3n) is 7.57. The number of amides is 3. The van der Waals surface area contributed by atoms with E-state index in [1.807, 2.05) is 90.3 Å². The lowest BCUT2D eigenvalue weighted by atomic mass is 9.94. The van der Waals surface area contributed by atoms with Crippen LogP contribution in [-0.4, -0.2) is 54.0 Å². The monoisotopic (exact) mass is 613 g/mol. The minimum atomic E-state index is -1.02. The van der Waals surface area contributed by atoms with Gasteiger partial charge in [0.25, 0.3) is 0 Å². The van der Waals surface area contributed by atoms with Crippen molar-refractivity contribution >= 4 is 45.1 Å². The average Bonchev–Trinajstić information content (AvgIpc) is 3.67. The van der Waals surface area contributed by atoms with Crippen LogP contribution in [-0.2, 0) is 43.3 Å². The van der Waals surface area contributed by atoms with Crippen LogP contribution >= 0.6 is 11.3 Å². The molecule has 228 valence electrons. The first kappa shape index (κ1) is 30.9. The highest BCUT2D eigenvalue weighted by molar-refractivity contribution is 7.17. The Hall–Kier alpha value is -4.54. The molecule has 4 atom stereocenters. The lowest BCUT2D eigenvalue weighted by Crippen LogP contribution is -2.57. The summed E-state index contributed by atoms with van der Waals surface area (Å²) in [4.78, 5) is 53.0. The summed E-state index contributed by atoms with van der Waals surface area (Å²) < 4.78 is 11.7. The third-order valence-corrected chi connectivity index (χ3v) is 8.59. The topological polar surface area (TPSA) is 126 Å². The molecule has 44 heavy (non-hydrogen) atoms. The maximum absolute atomic E-state index is 13.9. The molecule has 0 aliphatic carbocycles. The van der Waals surface area contributed by atoms with Gasteiger partial charge < -0.3 is 25.4 Å². The van der Waals surface area contributed by atoms with E-state index in [0.29, 0.717) is 0 Å². The van der Waals surface area contributed by atoms with Gasteiger partial charge in [0.1, 0.15) is 24.3 Å². The molecule has 2 heterocycles. The van der Waals surface area contributed by atoms with E-state index in [0.717, 1.165) is 26.8 Å². The van der Waals surface area contributed by atoms with E-state index in [1.165, 1.54) is 6.92 Å². The predicted octanol–water partition coefficient (Wildman–Crippen LogP) is 4.33. The summed E-state index contributed by atoms with van der Waals surface area (Å²) in [6.45, 7) is 3.57. The van der Waals surface area contributed by atoms with Crippen LogP contribution in [0.2, 0.25) is 0 Å². The molecule has 1 fully saturated rings. The minimum absolute atomic E-state index is 0.0523. The van der Waals surface area contributed by atoms with Crippen LogP contribution in [0.1, 0.15) is 30.5 Å². The average molecular weight is 614 g/mol. The Balaban J connectivity index is 1.31. The van der Waals surface area contributed by atoms with Crippen LogP contribution in [0.25, 0.3) is 10.1 Å². The first-order valence-corrected chi connectivity index (χ1v) is 15.3. The SMILES string of the molecule is C[C@H](NC(=O)OCc1ccccc1)C(=O)NC(Cc1csc2ccccc12)C(=O)N[C@@H](Cc1ccccc1)C(=O)[C@@]1(C)CO1. The minimum Gasteiger partial charge on any atom is -0.445 e. The number of thiophene rings is 1. The first-order valence-electron chi connectivity index (χ1n) is 14.5. The fourth-order valence-corrected chi connectivity index (χ4v) is 5.85. The molecule has 4 aromatic rings. The molecule has 0 saturated carbocycles. The number of carbonyl (C=O) groups excluding carboxylic acids is 4. The maximum Gasteiger partial charge on any atom is 0.408 e. The van der Waals surface area contributed by atoms with Gasteiger partial charge in [-0.15, -0.1) is 11.3 Å². The van der Waals surface area contributed by atoms with Crippen molar-refractivity contribution in [1.29, 1.82) is 0 Å². The van der Waals surface area contributed by atoms with E-state index in [1.54, 1.807) is 18.3 Å². The van der Waals surface area contributed by atoms with Crippen LogP contribution in [0.15, 0.2) is 90.3 Å². The fourth-order valence-electron chi connectivity index (χ4n) is 4.87. The number of alkyl carbamates (subject to hydrolysis) is 1. The quantitative estimate of drug-likeness (QED) is 0.193. The van der Waals surface area contributed by atoms with E-state index in [2.05, 4.69) is 16.0 Å². The molecule has 0 radical (unpaired) electrons. The lowest BCUT2D eigenvalue weighted by molar-refractivity contribution is -0.133. The van der Waals surface area contributed by atoms with E-state index >= 15 is 0 Å². The number of hydrogen-bond donors (Lipinski definition) is 3. The van der Waals surface area contributed by atoms with Crippen molar-refractivity contribution in [3.63, 3.8) is 0 Å². The second-order valence-electron chi connectivity index (χ2n) is 11.1. The predicted molar refractivity (Wildman–Crippen MR) is 168 cm³/mol. The van der Waals surface area contributed by atoms with Crippen LogP contribution in [0.4, 0.5) is 4.79 Å². The van der Waals surface area contributed by atoms with Gasteiger partial charge in [0.05, 0.1) is 12.6 Å². The number of rotatable bonds is 13. The molecule has 1 saturated heterocycles. The normalized spacial score (nSPS) is 17.6. The molecule has 3 aromatic carbocycles. The van der Waals surface area contributed by atoms with Gasteiger partial charge in [0, 0.05) is 11.1 Å². The molecular formula is C34H35N3O6S. The number of epoxide rings is 1. The van der Waals surface area contributed by atoms with Crippen molar-refractivity contribution in [3.05, 3.63) is 107 Å². The van der Waals surface area contributed by atoms with Crippen molar-refractivity contribution in [2.24, 2.45) is 0 Å². The molecule has 9 nitrogen and oxygen atoms in total. The maximum atomic E-state index is 13.9. The van der Waals surface area contributed by atoms with Crippen molar-refractivity contribution in [2.75, 3.05) is 6.61 Å². The number of fused-ring (bicyclic) bond motifs is 1. The molecule has 10 heteroatoms. The summed E-state index contributed by atoms with van der Waals surface area (Å²) in [5, 5.41) is 11.2. The highest BCUT2D eigenvalue weighted by Gasteiger charge is 2.50. The summed E-state index contributed by atoms with van der Waals surface area (Å²) in [5.74, 6) is -1.30. The highest BCUT2D eigenvalue weighted by atomic mass is 32.1. The molecule has 1 aliphatic heterocycles. The van der Waals surface area contributed by atoms with Gasteiger partial charge >= 0.3 is 6.09 Å². The Labute approximate surface area is 259 Å². The summed E-state index contributed by atoms with van der Waals surface area (Å²) in [6, 6.07) is 23.6. The van der Waals surface area contributed by atoms with Crippen LogP contribution in [0.5, 0.6) is 0 Å². The van der Waals surface area contributed by atoms with Gasteiger partial charge in [-0.3, -0.25) is 14.4 Å². The highest BCUT2D eigenvalue weighted by Crippen LogP contribution is 2.30. The number of carbonyl (C=O) groups is 4. The zero-order chi connectivity index (χ0) is 31.1. The third kappa shape index (κ3) is 7.89. The van der Waals surface area contributed by atoms with Crippen molar-refractivity contribution in [2.45, 2.75) is 57.0 Å². The molecule has 0 spiro atoms. The summed E-state index contributed by atoms with van der Waals surface area (Å²) >= 11 is 1.55. The number of ketones is 1. The largest absolute Gasteiger partial charge is 0.445 e. The number of nitrogens with one attached hydrogen (secondary N) is 3. The van der Waals surface area contributed by atoms with Gasteiger partial charge in [-0.2, -0.15) is 0 Å². The van der Waals surface area contributed by atoms with Crippen molar-refractivity contribution < 1.29 is 28.7 Å².